The van der Waals surface area contributed by atoms with E-state index < -0.39 is 11.8 Å². The number of H-pyrrole nitrogens is 1. The van der Waals surface area contributed by atoms with E-state index in [9.17, 15) is 14.4 Å². The van der Waals surface area contributed by atoms with Crippen LogP contribution in [-0.4, -0.2) is 23.1 Å². The maximum atomic E-state index is 12.3. The summed E-state index contributed by atoms with van der Waals surface area (Å²) in [5.74, 6) is -0.961. The van der Waals surface area contributed by atoms with E-state index in [-0.39, 0.29) is 5.69 Å². The molecule has 1 heterocycles. The standard InChI is InChI=1S/C14H13N3O3/c1-9(19)17(12-4-2-11(15)3-5-12)14(20)13-6-10(8-18)7-16-13/h2-8,16H,15H2,1H3. The zero-order valence-corrected chi connectivity index (χ0v) is 10.8. The molecule has 0 spiro atoms. The number of nitrogens with two attached hydrogens (primary N) is 1. The predicted molar refractivity (Wildman–Crippen MR) is 74.5 cm³/mol. The van der Waals surface area contributed by atoms with Crippen molar-refractivity contribution in [2.45, 2.75) is 6.92 Å². The first-order valence-corrected chi connectivity index (χ1v) is 5.87. The molecule has 0 fully saturated rings. The van der Waals surface area contributed by atoms with E-state index in [0.717, 1.165) is 4.90 Å². The zero-order valence-electron chi connectivity index (χ0n) is 10.8. The largest absolute Gasteiger partial charge is 0.399 e. The number of benzene rings is 1. The molecule has 20 heavy (non-hydrogen) atoms. The summed E-state index contributed by atoms with van der Waals surface area (Å²) in [6.07, 6.45) is 2.02. The number of aromatic amines is 1. The summed E-state index contributed by atoms with van der Waals surface area (Å²) in [5.41, 5.74) is 7.04. The number of imide groups is 1. The van der Waals surface area contributed by atoms with E-state index in [0.29, 0.717) is 23.2 Å². The highest BCUT2D eigenvalue weighted by molar-refractivity contribution is 6.20. The molecule has 6 nitrogen and oxygen atoms in total. The van der Waals surface area contributed by atoms with Gasteiger partial charge in [-0.15, -0.1) is 0 Å². The Kier molecular flexibility index (Phi) is 3.65. The Morgan fingerprint density at radius 2 is 1.90 bits per heavy atom. The molecule has 1 aromatic heterocycles. The van der Waals surface area contributed by atoms with Crippen LogP contribution in [0.2, 0.25) is 0 Å². The number of hydrogen-bond acceptors (Lipinski definition) is 4. The predicted octanol–water partition coefficient (Wildman–Crippen LogP) is 1.60. The first-order chi connectivity index (χ1) is 9.52. The van der Waals surface area contributed by atoms with Crippen molar-refractivity contribution < 1.29 is 14.4 Å². The van der Waals surface area contributed by atoms with Crippen molar-refractivity contribution in [3.05, 3.63) is 47.8 Å². The van der Waals surface area contributed by atoms with Crippen LogP contribution in [0.15, 0.2) is 36.5 Å². The van der Waals surface area contributed by atoms with Gasteiger partial charge in [-0.2, -0.15) is 0 Å². The number of nitrogen functional groups attached to an aromatic ring is 1. The number of carbonyl (C=O) groups excluding carboxylic acids is 3. The van der Waals surface area contributed by atoms with Crippen molar-refractivity contribution in [2.24, 2.45) is 0 Å². The second-order valence-electron chi connectivity index (χ2n) is 4.22. The molecule has 0 bridgehead atoms. The summed E-state index contributed by atoms with van der Waals surface area (Å²) in [4.78, 5) is 38.4. The van der Waals surface area contributed by atoms with Crippen molar-refractivity contribution in [1.82, 2.24) is 4.98 Å². The van der Waals surface area contributed by atoms with Gasteiger partial charge in [-0.05, 0) is 30.3 Å². The van der Waals surface area contributed by atoms with E-state index in [1.54, 1.807) is 24.3 Å². The van der Waals surface area contributed by atoms with Crippen LogP contribution in [0.4, 0.5) is 11.4 Å². The molecule has 0 aliphatic rings. The van der Waals surface area contributed by atoms with Crippen LogP contribution in [0.1, 0.15) is 27.8 Å². The third-order valence-electron chi connectivity index (χ3n) is 2.74. The lowest BCUT2D eigenvalue weighted by molar-refractivity contribution is -0.115. The van der Waals surface area contributed by atoms with Crippen LogP contribution in [0.25, 0.3) is 0 Å². The Hall–Kier alpha value is -2.89. The van der Waals surface area contributed by atoms with Crippen molar-refractivity contribution in [3.63, 3.8) is 0 Å². The first kappa shape index (κ1) is 13.5. The molecule has 2 aromatic rings. The summed E-state index contributed by atoms with van der Waals surface area (Å²) < 4.78 is 0. The SMILES string of the molecule is CC(=O)N(C(=O)c1cc(C=O)c[nH]1)c1ccc(N)cc1. The quantitative estimate of drug-likeness (QED) is 0.654. The monoisotopic (exact) mass is 271 g/mol. The maximum absolute atomic E-state index is 12.3. The van der Waals surface area contributed by atoms with Crippen molar-refractivity contribution in [3.8, 4) is 0 Å². The highest BCUT2D eigenvalue weighted by Crippen LogP contribution is 2.19. The molecule has 1 aromatic carbocycles. The summed E-state index contributed by atoms with van der Waals surface area (Å²) >= 11 is 0. The van der Waals surface area contributed by atoms with Gasteiger partial charge in [0.1, 0.15) is 5.69 Å². The molecule has 2 rings (SSSR count). The zero-order chi connectivity index (χ0) is 14.7. The lowest BCUT2D eigenvalue weighted by Crippen LogP contribution is -2.35. The molecule has 6 heteroatoms. The number of anilines is 2. The number of aromatic nitrogens is 1. The Bertz CT molecular complexity index is 659. The van der Waals surface area contributed by atoms with Crippen LogP contribution in [0, 0.1) is 0 Å². The maximum Gasteiger partial charge on any atom is 0.281 e. The summed E-state index contributed by atoms with van der Waals surface area (Å²) in [5, 5.41) is 0. The smallest absolute Gasteiger partial charge is 0.281 e. The van der Waals surface area contributed by atoms with Crippen LogP contribution < -0.4 is 10.6 Å². The molecule has 0 unspecified atom stereocenters. The highest BCUT2D eigenvalue weighted by Gasteiger charge is 2.22. The van der Waals surface area contributed by atoms with Crippen LogP contribution >= 0.6 is 0 Å². The molecule has 0 saturated heterocycles. The minimum atomic E-state index is -0.532. The Morgan fingerprint density at radius 3 is 2.40 bits per heavy atom. The van der Waals surface area contributed by atoms with Crippen molar-refractivity contribution in [1.29, 1.82) is 0 Å². The first-order valence-electron chi connectivity index (χ1n) is 5.87. The van der Waals surface area contributed by atoms with E-state index in [1.165, 1.54) is 19.2 Å². The lowest BCUT2D eigenvalue weighted by atomic mass is 10.2. The summed E-state index contributed by atoms with van der Waals surface area (Å²) in [7, 11) is 0. The van der Waals surface area contributed by atoms with Crippen LogP contribution in [-0.2, 0) is 4.79 Å². The third kappa shape index (κ3) is 2.59. The van der Waals surface area contributed by atoms with Gasteiger partial charge in [0, 0.05) is 24.4 Å². The number of hydrogen-bond donors (Lipinski definition) is 2. The Balaban J connectivity index is 2.38. The summed E-state index contributed by atoms with van der Waals surface area (Å²) in [6.45, 7) is 1.29. The molecule has 0 aliphatic heterocycles. The molecule has 102 valence electrons. The van der Waals surface area contributed by atoms with Gasteiger partial charge >= 0.3 is 0 Å². The fraction of sp³-hybridized carbons (Fsp3) is 0.0714. The molecule has 2 amide bonds. The molecule has 0 aliphatic carbocycles. The second-order valence-corrected chi connectivity index (χ2v) is 4.22. The Labute approximate surface area is 115 Å². The molecular weight excluding hydrogens is 258 g/mol. The average Bonchev–Trinajstić information content (AvgIpc) is 2.89. The van der Waals surface area contributed by atoms with Crippen LogP contribution in [0.5, 0.6) is 0 Å². The fourth-order valence-corrected chi connectivity index (χ4v) is 1.79. The van der Waals surface area contributed by atoms with E-state index in [2.05, 4.69) is 4.98 Å². The molecule has 3 N–H and O–H groups in total. The second kappa shape index (κ2) is 5.40. The number of amides is 2. The van der Waals surface area contributed by atoms with E-state index in [4.69, 9.17) is 5.73 Å². The molecule has 0 saturated carbocycles. The number of aldehydes is 1. The molecule has 0 atom stereocenters. The number of nitrogens with one attached hydrogen (secondary N) is 1. The average molecular weight is 271 g/mol. The normalized spacial score (nSPS) is 10.1. The van der Waals surface area contributed by atoms with Gasteiger partial charge in [-0.1, -0.05) is 0 Å². The minimum Gasteiger partial charge on any atom is -0.399 e. The van der Waals surface area contributed by atoms with Gasteiger partial charge < -0.3 is 10.7 Å². The van der Waals surface area contributed by atoms with Gasteiger partial charge in [-0.25, -0.2) is 4.90 Å². The van der Waals surface area contributed by atoms with E-state index >= 15 is 0 Å². The van der Waals surface area contributed by atoms with Gasteiger partial charge in [0.2, 0.25) is 5.91 Å². The van der Waals surface area contributed by atoms with Gasteiger partial charge in [0.05, 0.1) is 5.69 Å². The summed E-state index contributed by atoms with van der Waals surface area (Å²) in [6, 6.07) is 7.76. The van der Waals surface area contributed by atoms with Gasteiger partial charge in [0.25, 0.3) is 5.91 Å². The van der Waals surface area contributed by atoms with Crippen molar-refractivity contribution >= 4 is 29.5 Å². The number of rotatable bonds is 3. The third-order valence-corrected chi connectivity index (χ3v) is 2.74. The van der Waals surface area contributed by atoms with Gasteiger partial charge in [0.15, 0.2) is 6.29 Å². The van der Waals surface area contributed by atoms with Gasteiger partial charge in [-0.3, -0.25) is 14.4 Å². The van der Waals surface area contributed by atoms with E-state index in [1.807, 2.05) is 0 Å². The number of nitrogens with zero attached hydrogens (tertiary/aromatic N) is 1. The lowest BCUT2D eigenvalue weighted by Gasteiger charge is -2.18. The minimum absolute atomic E-state index is 0.166. The van der Waals surface area contributed by atoms with Crippen molar-refractivity contribution in [2.75, 3.05) is 10.6 Å². The van der Waals surface area contributed by atoms with Crippen LogP contribution in [0.3, 0.4) is 0 Å². The highest BCUT2D eigenvalue weighted by atomic mass is 16.2. The molecular formula is C14H13N3O3. The molecule has 0 radical (unpaired) electrons. The number of carbonyl (C=O) groups is 3. The Morgan fingerprint density at radius 1 is 1.25 bits per heavy atom. The topological polar surface area (TPSA) is 96.3 Å². The fourth-order valence-electron chi connectivity index (χ4n) is 1.79.